The smallest absolute Gasteiger partial charge is 0.253 e. The molecular formula is C54H69N13O6S2. The molecule has 3 aliphatic rings. The number of amides is 2. The minimum atomic E-state index is -0.940. The maximum atomic E-state index is 14.3. The fourth-order valence-corrected chi connectivity index (χ4v) is 13.6. The lowest BCUT2D eigenvalue weighted by Gasteiger charge is -2.32. The van der Waals surface area contributed by atoms with Crippen LogP contribution in [0.15, 0.2) is 52.8 Å². The number of hydrogen-bond acceptors (Lipinski definition) is 18. The van der Waals surface area contributed by atoms with E-state index in [0.29, 0.717) is 64.2 Å². The number of aliphatic hydroxyl groups is 2. The lowest BCUT2D eigenvalue weighted by Crippen LogP contribution is -2.50. The molecule has 2 amide bonds. The highest BCUT2D eigenvalue weighted by Gasteiger charge is 2.45. The molecule has 5 N–H and O–H groups in total. The maximum absolute atomic E-state index is 14.3. The van der Waals surface area contributed by atoms with Crippen molar-refractivity contribution in [2.45, 2.75) is 142 Å². The van der Waals surface area contributed by atoms with Crippen LogP contribution in [-0.4, -0.2) is 112 Å². The van der Waals surface area contributed by atoms with Crippen LogP contribution in [0.1, 0.15) is 138 Å². The summed E-state index contributed by atoms with van der Waals surface area (Å²) in [5.41, 5.74) is 12.1. The van der Waals surface area contributed by atoms with Gasteiger partial charge in [-0.25, -0.2) is 19.6 Å². The summed E-state index contributed by atoms with van der Waals surface area (Å²) in [7, 11) is 0. The third-order valence-electron chi connectivity index (χ3n) is 16.0. The number of nitrogen functional groups attached to an aromatic ring is 1. The van der Waals surface area contributed by atoms with Crippen molar-refractivity contribution in [3.63, 3.8) is 0 Å². The van der Waals surface area contributed by atoms with Crippen molar-refractivity contribution in [3.8, 4) is 33.9 Å². The Bertz CT molecular complexity index is 2980. The molecule has 1 aliphatic carbocycles. The minimum absolute atomic E-state index is 0.00711. The molecule has 7 heterocycles. The Hall–Kier alpha value is -6.34. The van der Waals surface area contributed by atoms with E-state index in [0.717, 1.165) is 90.0 Å². The Morgan fingerprint density at radius 2 is 1.91 bits per heavy atom. The lowest BCUT2D eigenvalue weighted by molar-refractivity contribution is -0.142. The van der Waals surface area contributed by atoms with E-state index < -0.39 is 35.6 Å². The Morgan fingerprint density at radius 3 is 2.64 bits per heavy atom. The van der Waals surface area contributed by atoms with Gasteiger partial charge in [0.15, 0.2) is 0 Å². The molecular weight excluding hydrogens is 991 g/mol. The van der Waals surface area contributed by atoms with Crippen molar-refractivity contribution in [1.29, 1.82) is 5.26 Å². The second-order valence-electron chi connectivity index (χ2n) is 21.4. The first-order valence-electron chi connectivity index (χ1n) is 26.3. The number of nitrogens with zero attached hydrogens (tertiary/aromatic N) is 11. The summed E-state index contributed by atoms with van der Waals surface area (Å²) < 4.78 is 13.5. The van der Waals surface area contributed by atoms with Crippen LogP contribution in [0.4, 0.5) is 10.9 Å². The molecule has 3 unspecified atom stereocenters. The number of aromatic nitrogens is 8. The van der Waals surface area contributed by atoms with Gasteiger partial charge in [0.05, 0.1) is 58.6 Å². The van der Waals surface area contributed by atoms with Gasteiger partial charge in [0.1, 0.15) is 28.8 Å². The zero-order valence-corrected chi connectivity index (χ0v) is 45.5. The normalized spacial score (nSPS) is 22.5. The molecule has 0 spiro atoms. The number of anilines is 2. The average Bonchev–Trinajstić information content (AvgIpc) is 4.26. The van der Waals surface area contributed by atoms with Crippen molar-refractivity contribution in [2.75, 3.05) is 36.9 Å². The van der Waals surface area contributed by atoms with Crippen molar-refractivity contribution in [1.82, 2.24) is 50.3 Å². The fourth-order valence-electron chi connectivity index (χ4n) is 11.6. The van der Waals surface area contributed by atoms with E-state index in [-0.39, 0.29) is 37.4 Å². The van der Waals surface area contributed by atoms with Crippen LogP contribution >= 0.6 is 22.7 Å². The third-order valence-corrected chi connectivity index (χ3v) is 18.0. The number of rotatable bonds is 18. The third kappa shape index (κ3) is 11.2. The number of carbonyl (C=O) groups is 2. The van der Waals surface area contributed by atoms with E-state index in [1.54, 1.807) is 29.2 Å². The van der Waals surface area contributed by atoms with Gasteiger partial charge in [0.25, 0.3) is 5.88 Å². The van der Waals surface area contributed by atoms with Crippen LogP contribution in [0.5, 0.6) is 5.88 Å². The van der Waals surface area contributed by atoms with Crippen molar-refractivity contribution >= 4 is 45.4 Å². The predicted octanol–water partition coefficient (Wildman–Crippen LogP) is 7.84. The Balaban J connectivity index is 0.760. The summed E-state index contributed by atoms with van der Waals surface area (Å²) in [5.74, 6) is 2.18. The molecule has 5 aromatic heterocycles. The standard InChI is InChI=1S/C54H69N13O6S2/c1-30(2)46(51(71)66-26-38(69)24-42(66)50(70)59-41(28-68)35-14-16-36(17-15-35)47-34(6)58-29-74-47)67-27-44(62-64-67)72-22-10-11-31(3)33(5)37-12-9-21-65(32(4)23-37)53-57-20-18-40(60-53)49-61-52(73-63-49)54(7)19-8-13-43-45(54)39(25-55)48(56)75-43/h14-18,20,27,29-33,37-38,41-42,46,68-69H,8-13,19,21-24,26,28,56H2,1-7H3,(H,59,70)/t31?,32-,33?,37?,38+,41-,42-,46-,54-/m0/s1. The molecule has 1 aromatic carbocycles. The topological polar surface area (TPSA) is 260 Å². The lowest BCUT2D eigenvalue weighted by atomic mass is 9.72. The number of ether oxygens (including phenoxy) is 1. The number of benzene rings is 1. The van der Waals surface area contributed by atoms with Crippen molar-refractivity contribution in [3.05, 3.63) is 81.4 Å². The van der Waals surface area contributed by atoms with Gasteiger partial charge in [-0.15, -0.1) is 22.7 Å². The molecule has 19 nitrogen and oxygen atoms in total. The molecule has 398 valence electrons. The van der Waals surface area contributed by atoms with Gasteiger partial charge in [-0.1, -0.05) is 67.4 Å². The number of thiophene rings is 1. The Morgan fingerprint density at radius 1 is 1.11 bits per heavy atom. The van der Waals surface area contributed by atoms with Crippen molar-refractivity contribution < 1.29 is 29.1 Å². The van der Waals surface area contributed by atoms with Crippen LogP contribution in [-0.2, 0) is 21.4 Å². The van der Waals surface area contributed by atoms with Gasteiger partial charge in [-0.05, 0) is 113 Å². The molecule has 21 heteroatoms. The van der Waals surface area contributed by atoms with Gasteiger partial charge in [0.2, 0.25) is 29.5 Å². The number of fused-ring (bicyclic) bond motifs is 1. The Labute approximate surface area is 445 Å². The van der Waals surface area contributed by atoms with E-state index in [4.69, 9.17) is 29.9 Å². The highest BCUT2D eigenvalue weighted by Crippen LogP contribution is 2.49. The van der Waals surface area contributed by atoms with Crippen LogP contribution in [0.2, 0.25) is 0 Å². The summed E-state index contributed by atoms with van der Waals surface area (Å²) in [6.45, 7) is 15.7. The van der Waals surface area contributed by atoms with E-state index in [9.17, 15) is 25.1 Å². The zero-order valence-electron chi connectivity index (χ0n) is 43.8. The number of thiazole rings is 1. The average molecular weight is 1060 g/mol. The number of carbonyl (C=O) groups excluding carboxylic acids is 2. The number of likely N-dealkylation sites (tertiary alicyclic amines) is 1. The van der Waals surface area contributed by atoms with Crippen LogP contribution in [0, 0.1) is 41.9 Å². The summed E-state index contributed by atoms with van der Waals surface area (Å²) in [6.07, 6.45) is 10.0. The number of β-amino-alcohol motifs (C(OH)–C–C–N with tert-alkyl or cyclic N) is 1. The van der Waals surface area contributed by atoms with Gasteiger partial charge >= 0.3 is 0 Å². The first-order chi connectivity index (χ1) is 36.1. The van der Waals surface area contributed by atoms with Crippen LogP contribution in [0.3, 0.4) is 0 Å². The first kappa shape index (κ1) is 53.5. The summed E-state index contributed by atoms with van der Waals surface area (Å²) in [5, 5.41) is 47.5. The summed E-state index contributed by atoms with van der Waals surface area (Å²) in [6, 6.07) is 9.49. The number of nitrogens with one attached hydrogen (secondary N) is 1. The number of nitriles is 1. The maximum Gasteiger partial charge on any atom is 0.253 e. The van der Waals surface area contributed by atoms with E-state index in [2.05, 4.69) is 64.4 Å². The van der Waals surface area contributed by atoms with E-state index in [1.165, 1.54) is 20.9 Å². The SMILES string of the molecule is Cc1ncsc1-c1ccc([C@H](CO)NC(=O)[C@@H]2C[C@@H](O)CN2C(=O)[C@H](C(C)C)n2cc(OCCCC(C)C(C)C3CCCN(c4nccc(-c5noc([C@@]6(C)CCCc7sc(N)c(C#N)c76)n5)n4)[C@@H](C)C3)nn2)cc1. The first-order valence-corrected chi connectivity index (χ1v) is 28.0. The van der Waals surface area contributed by atoms with Gasteiger partial charge in [-0.3, -0.25) is 9.59 Å². The largest absolute Gasteiger partial charge is 0.475 e. The minimum Gasteiger partial charge on any atom is -0.475 e. The van der Waals surface area contributed by atoms with Crippen LogP contribution in [0.25, 0.3) is 22.0 Å². The molecule has 9 atom stereocenters. The van der Waals surface area contributed by atoms with E-state index in [1.807, 2.05) is 51.1 Å². The van der Waals surface area contributed by atoms with Crippen molar-refractivity contribution in [2.24, 2.45) is 23.7 Å². The highest BCUT2D eigenvalue weighted by atomic mass is 32.1. The van der Waals surface area contributed by atoms with Gasteiger partial charge in [0, 0.05) is 42.2 Å². The molecule has 0 radical (unpaired) electrons. The summed E-state index contributed by atoms with van der Waals surface area (Å²) >= 11 is 3.03. The highest BCUT2D eigenvalue weighted by molar-refractivity contribution is 7.16. The molecule has 2 fully saturated rings. The fraction of sp³-hybridized carbons (Fsp3) is 0.556. The molecule has 2 saturated heterocycles. The molecule has 0 saturated carbocycles. The molecule has 6 aromatic rings. The van der Waals surface area contributed by atoms with E-state index >= 15 is 0 Å². The quantitative estimate of drug-likeness (QED) is 0.0598. The number of aryl methyl sites for hydroxylation is 2. The monoisotopic (exact) mass is 1060 g/mol. The summed E-state index contributed by atoms with van der Waals surface area (Å²) in [4.78, 5) is 52.9. The molecule has 75 heavy (non-hydrogen) atoms. The second-order valence-corrected chi connectivity index (χ2v) is 23.4. The molecule has 0 bridgehead atoms. The van der Waals surface area contributed by atoms with Gasteiger partial charge in [-0.2, -0.15) is 10.2 Å². The number of hydrogen-bond donors (Lipinski definition) is 4. The molecule has 2 aliphatic heterocycles. The Kier molecular flexibility index (Phi) is 16.3. The zero-order chi connectivity index (χ0) is 53.1. The number of nitrogens with two attached hydrogens (primary N) is 1. The van der Waals surface area contributed by atoms with Crippen LogP contribution < -0.4 is 20.7 Å². The number of aliphatic hydroxyl groups excluding tert-OH is 2. The molecule has 9 rings (SSSR count). The van der Waals surface area contributed by atoms with Gasteiger partial charge < -0.3 is 40.3 Å². The second kappa shape index (κ2) is 22.9. The predicted molar refractivity (Wildman–Crippen MR) is 286 cm³/mol.